The second kappa shape index (κ2) is 8.20. The second-order valence-electron chi connectivity index (χ2n) is 7.63. The average molecular weight is 399 g/mol. The maximum absolute atomic E-state index is 5.99. The van der Waals surface area contributed by atoms with Crippen molar-refractivity contribution in [1.29, 1.82) is 0 Å². The fourth-order valence-electron chi connectivity index (χ4n) is 3.92. The Morgan fingerprint density at radius 2 is 1.73 bits per heavy atom. The zero-order chi connectivity index (χ0) is 20.3. The largest absolute Gasteiger partial charge is 0.487 e. The van der Waals surface area contributed by atoms with Crippen LogP contribution < -0.4 is 9.64 Å². The van der Waals surface area contributed by atoms with E-state index in [1.807, 2.05) is 36.4 Å². The number of hydrogen-bond acceptors (Lipinski definition) is 4. The molecule has 5 rings (SSSR count). The molecule has 1 saturated heterocycles. The lowest BCUT2D eigenvalue weighted by molar-refractivity contribution is 0.123. The van der Waals surface area contributed by atoms with Gasteiger partial charge in [-0.15, -0.1) is 0 Å². The van der Waals surface area contributed by atoms with Crippen LogP contribution in [0.5, 0.6) is 5.75 Å². The summed E-state index contributed by atoms with van der Waals surface area (Å²) in [6, 6.07) is 20.6. The summed E-state index contributed by atoms with van der Waals surface area (Å²) in [5, 5.41) is 1.14. The Morgan fingerprint density at radius 3 is 2.57 bits per heavy atom. The molecule has 2 aromatic carbocycles. The van der Waals surface area contributed by atoms with Crippen LogP contribution >= 0.6 is 0 Å². The summed E-state index contributed by atoms with van der Waals surface area (Å²) in [6.45, 7) is 3.87. The molecule has 0 aliphatic carbocycles. The van der Waals surface area contributed by atoms with Gasteiger partial charge in [-0.25, -0.2) is 4.98 Å². The van der Waals surface area contributed by atoms with E-state index in [-0.39, 0.29) is 0 Å². The van der Waals surface area contributed by atoms with Crippen LogP contribution in [0.25, 0.3) is 22.0 Å². The van der Waals surface area contributed by atoms with E-state index in [0.717, 1.165) is 48.6 Å². The number of nitrogens with zero attached hydrogens (tertiary/aromatic N) is 3. The molecule has 0 radical (unpaired) electrons. The van der Waals surface area contributed by atoms with E-state index in [1.165, 1.54) is 16.8 Å². The zero-order valence-corrected chi connectivity index (χ0v) is 17.1. The van der Waals surface area contributed by atoms with Gasteiger partial charge in [-0.2, -0.15) is 0 Å². The van der Waals surface area contributed by atoms with Crippen LogP contribution in [0.4, 0.5) is 5.69 Å². The van der Waals surface area contributed by atoms with Gasteiger partial charge in [0.2, 0.25) is 0 Å². The van der Waals surface area contributed by atoms with Crippen molar-refractivity contribution in [2.45, 2.75) is 6.61 Å². The molecule has 152 valence electrons. The van der Waals surface area contributed by atoms with Gasteiger partial charge in [-0.05, 0) is 29.8 Å². The summed E-state index contributed by atoms with van der Waals surface area (Å²) in [6.07, 6.45) is 4.37. The number of para-hydroxylation sites is 1. The zero-order valence-electron chi connectivity index (χ0n) is 17.1. The van der Waals surface area contributed by atoms with Crippen LogP contribution in [0.2, 0.25) is 0 Å². The molecule has 0 amide bonds. The van der Waals surface area contributed by atoms with Gasteiger partial charge in [-0.3, -0.25) is 0 Å². The first-order chi connectivity index (χ1) is 14.8. The van der Waals surface area contributed by atoms with E-state index in [2.05, 4.69) is 58.2 Å². The maximum atomic E-state index is 5.99. The Balaban J connectivity index is 1.31. The smallest absolute Gasteiger partial charge is 0.130 e. The maximum Gasteiger partial charge on any atom is 0.130 e. The number of rotatable bonds is 5. The number of morpholine rings is 1. The van der Waals surface area contributed by atoms with E-state index in [1.54, 1.807) is 0 Å². The van der Waals surface area contributed by atoms with Gasteiger partial charge in [0.15, 0.2) is 0 Å². The van der Waals surface area contributed by atoms with Gasteiger partial charge in [0, 0.05) is 43.5 Å². The highest BCUT2D eigenvalue weighted by Crippen LogP contribution is 2.33. The summed E-state index contributed by atoms with van der Waals surface area (Å²) < 4.78 is 13.6. The summed E-state index contributed by atoms with van der Waals surface area (Å²) >= 11 is 0. The molecule has 5 heteroatoms. The highest BCUT2D eigenvalue weighted by atomic mass is 16.5. The highest BCUT2D eigenvalue weighted by molar-refractivity contribution is 5.79. The van der Waals surface area contributed by atoms with Crippen molar-refractivity contribution in [3.63, 3.8) is 0 Å². The summed E-state index contributed by atoms with van der Waals surface area (Å²) in [4.78, 5) is 7.08. The van der Waals surface area contributed by atoms with E-state index in [0.29, 0.717) is 6.61 Å². The molecule has 30 heavy (non-hydrogen) atoms. The van der Waals surface area contributed by atoms with E-state index in [4.69, 9.17) is 9.47 Å². The van der Waals surface area contributed by atoms with Crippen molar-refractivity contribution in [2.75, 3.05) is 31.2 Å². The quantitative estimate of drug-likeness (QED) is 0.490. The predicted molar refractivity (Wildman–Crippen MR) is 120 cm³/mol. The van der Waals surface area contributed by atoms with Gasteiger partial charge in [0.1, 0.15) is 12.4 Å². The van der Waals surface area contributed by atoms with E-state index in [9.17, 15) is 0 Å². The van der Waals surface area contributed by atoms with Gasteiger partial charge in [0.05, 0.1) is 30.1 Å². The Hall–Kier alpha value is -3.31. The number of pyridine rings is 1. The molecule has 0 spiro atoms. The van der Waals surface area contributed by atoms with Crippen LogP contribution in [-0.4, -0.2) is 35.9 Å². The third-order valence-corrected chi connectivity index (χ3v) is 5.49. The van der Waals surface area contributed by atoms with Crippen LogP contribution in [0.1, 0.15) is 5.69 Å². The molecule has 0 unspecified atom stereocenters. The normalized spacial score (nSPS) is 14.2. The van der Waals surface area contributed by atoms with Crippen molar-refractivity contribution in [2.24, 2.45) is 7.05 Å². The molecular formula is C25H25N3O2. The Morgan fingerprint density at radius 1 is 0.933 bits per heavy atom. The molecule has 1 aliphatic heterocycles. The Labute approximate surface area is 176 Å². The number of aromatic nitrogens is 2. The summed E-state index contributed by atoms with van der Waals surface area (Å²) in [7, 11) is 2.07. The van der Waals surface area contributed by atoms with Crippen LogP contribution in [0.3, 0.4) is 0 Å². The monoisotopic (exact) mass is 399 g/mol. The molecule has 0 atom stereocenters. The number of benzene rings is 2. The number of aryl methyl sites for hydroxylation is 1. The molecule has 4 aromatic rings. The van der Waals surface area contributed by atoms with Crippen LogP contribution in [-0.2, 0) is 18.4 Å². The molecular weight excluding hydrogens is 374 g/mol. The summed E-state index contributed by atoms with van der Waals surface area (Å²) in [5.74, 6) is 0.845. The lowest BCUT2D eigenvalue weighted by atomic mass is 10.1. The van der Waals surface area contributed by atoms with Crippen molar-refractivity contribution in [3.8, 4) is 16.9 Å². The SMILES string of the molecule is Cn1cc(-c2ccc(OCc3ccc4ccccc4n3)cc2)c(N2CCOCC2)c1. The molecule has 3 heterocycles. The molecule has 1 fully saturated rings. The van der Waals surface area contributed by atoms with Gasteiger partial charge in [0.25, 0.3) is 0 Å². The topological polar surface area (TPSA) is 39.5 Å². The van der Waals surface area contributed by atoms with Gasteiger partial charge >= 0.3 is 0 Å². The number of ether oxygens (including phenoxy) is 2. The lowest BCUT2D eigenvalue weighted by Crippen LogP contribution is -2.36. The lowest BCUT2D eigenvalue weighted by Gasteiger charge is -2.29. The minimum Gasteiger partial charge on any atom is -0.487 e. The predicted octanol–water partition coefficient (Wildman–Crippen LogP) is 4.66. The Kier molecular flexibility index (Phi) is 5.11. The molecule has 0 bridgehead atoms. The standard InChI is InChI=1S/C25H25N3O2/c1-27-16-23(25(17-27)28-12-14-29-15-13-28)19-7-10-22(11-8-19)30-18-21-9-6-20-4-2-3-5-24(20)26-21/h2-11,16-17H,12-15,18H2,1H3. The van der Waals surface area contributed by atoms with E-state index < -0.39 is 0 Å². The first-order valence-corrected chi connectivity index (χ1v) is 10.3. The minimum atomic E-state index is 0.453. The van der Waals surface area contributed by atoms with Crippen LogP contribution in [0, 0.1) is 0 Å². The van der Waals surface area contributed by atoms with Gasteiger partial charge < -0.3 is 18.9 Å². The van der Waals surface area contributed by atoms with Gasteiger partial charge in [-0.1, -0.05) is 36.4 Å². The summed E-state index contributed by atoms with van der Waals surface area (Å²) in [5.41, 5.74) is 5.61. The van der Waals surface area contributed by atoms with Crippen LogP contribution in [0.15, 0.2) is 73.1 Å². The Bertz CT molecular complexity index is 1140. The minimum absolute atomic E-state index is 0.453. The van der Waals surface area contributed by atoms with Crippen molar-refractivity contribution < 1.29 is 9.47 Å². The van der Waals surface area contributed by atoms with Crippen molar-refractivity contribution in [1.82, 2.24) is 9.55 Å². The third kappa shape index (κ3) is 3.89. The average Bonchev–Trinajstić information content (AvgIpc) is 3.20. The molecule has 2 aromatic heterocycles. The number of fused-ring (bicyclic) bond motifs is 1. The van der Waals surface area contributed by atoms with Crippen molar-refractivity contribution in [3.05, 3.63) is 78.8 Å². The highest BCUT2D eigenvalue weighted by Gasteiger charge is 2.17. The second-order valence-corrected chi connectivity index (χ2v) is 7.63. The molecule has 0 saturated carbocycles. The first kappa shape index (κ1) is 18.7. The van der Waals surface area contributed by atoms with Crippen molar-refractivity contribution >= 4 is 16.6 Å². The van der Waals surface area contributed by atoms with E-state index >= 15 is 0 Å². The number of anilines is 1. The third-order valence-electron chi connectivity index (χ3n) is 5.49. The number of hydrogen-bond donors (Lipinski definition) is 0. The fourth-order valence-corrected chi connectivity index (χ4v) is 3.92. The first-order valence-electron chi connectivity index (χ1n) is 10.3. The fraction of sp³-hybridized carbons (Fsp3) is 0.240. The molecule has 0 N–H and O–H groups in total. The molecule has 1 aliphatic rings. The molecule has 5 nitrogen and oxygen atoms in total.